The lowest BCUT2D eigenvalue weighted by atomic mass is 10.1. The van der Waals surface area contributed by atoms with Gasteiger partial charge in [0.05, 0.1) is 26.4 Å². The molecule has 0 amide bonds. The van der Waals surface area contributed by atoms with E-state index < -0.39 is 97.5 Å². The minimum Gasteiger partial charge on any atom is -0.462 e. The average Bonchev–Trinajstić information content (AvgIpc) is 0.909. The number of carbonyl (C=O) groups excluding carboxylic acids is 4. The molecule has 0 aromatic rings. The smallest absolute Gasteiger partial charge is 0.462 e. The Morgan fingerprint density at radius 3 is 0.840 bits per heavy atom. The highest BCUT2D eigenvalue weighted by atomic mass is 31.2. The first kappa shape index (κ1) is 100. The van der Waals surface area contributed by atoms with Gasteiger partial charge in [0.25, 0.3) is 0 Å². The molecule has 5 unspecified atom stereocenters. The van der Waals surface area contributed by atoms with E-state index in [1.54, 1.807) is 0 Å². The third kappa shape index (κ3) is 76.4. The average molecular weight is 1520 g/mol. The van der Waals surface area contributed by atoms with Crippen LogP contribution >= 0.6 is 15.6 Å². The number of aliphatic hydroxyl groups excluding tert-OH is 1. The highest BCUT2D eigenvalue weighted by Crippen LogP contribution is 2.45. The van der Waals surface area contributed by atoms with Crippen molar-refractivity contribution in [2.75, 3.05) is 39.6 Å². The molecule has 5 atom stereocenters. The monoisotopic (exact) mass is 1520 g/mol. The number of ether oxygens (including phenoxy) is 4. The zero-order valence-corrected chi connectivity index (χ0v) is 67.3. The van der Waals surface area contributed by atoms with Gasteiger partial charge in [-0.15, -0.1) is 0 Å². The number of hydrogen-bond acceptors (Lipinski definition) is 15. The lowest BCUT2D eigenvalue weighted by molar-refractivity contribution is -0.161. The molecule has 19 heteroatoms. The second kappa shape index (κ2) is 77.3. The van der Waals surface area contributed by atoms with E-state index in [4.69, 9.17) is 37.0 Å². The molecule has 0 radical (unpaired) electrons. The van der Waals surface area contributed by atoms with E-state index >= 15 is 0 Å². The Morgan fingerprint density at radius 1 is 0.274 bits per heavy atom. The van der Waals surface area contributed by atoms with Gasteiger partial charge in [-0.05, 0) is 167 Å². The van der Waals surface area contributed by atoms with Gasteiger partial charge < -0.3 is 33.8 Å². The molecule has 0 aliphatic carbocycles. The second-order valence-corrected chi connectivity index (χ2v) is 28.8. The largest absolute Gasteiger partial charge is 0.472 e. The number of unbranched alkanes of at least 4 members (excludes halogenated alkanes) is 17. The van der Waals surface area contributed by atoms with Gasteiger partial charge in [-0.2, -0.15) is 0 Å². The van der Waals surface area contributed by atoms with Gasteiger partial charge in [0.15, 0.2) is 12.2 Å². The van der Waals surface area contributed by atoms with Crippen LogP contribution in [0.2, 0.25) is 0 Å². The summed E-state index contributed by atoms with van der Waals surface area (Å²) in [7, 11) is -10.0. The van der Waals surface area contributed by atoms with E-state index in [1.165, 1.54) is 38.5 Å². The molecule has 0 rings (SSSR count). The number of phosphoric ester groups is 2. The zero-order valence-electron chi connectivity index (χ0n) is 65.5. The van der Waals surface area contributed by atoms with Gasteiger partial charge in [0, 0.05) is 25.7 Å². The Balaban J connectivity index is 5.51. The summed E-state index contributed by atoms with van der Waals surface area (Å²) in [4.78, 5) is 73.0. The Morgan fingerprint density at radius 2 is 0.509 bits per heavy atom. The third-order valence-corrected chi connectivity index (χ3v) is 17.8. The van der Waals surface area contributed by atoms with E-state index in [0.717, 1.165) is 154 Å². The van der Waals surface area contributed by atoms with Crippen LogP contribution in [-0.2, 0) is 65.4 Å². The van der Waals surface area contributed by atoms with Crippen LogP contribution in [0.15, 0.2) is 182 Å². The summed E-state index contributed by atoms with van der Waals surface area (Å²) in [5.74, 6) is -2.37. The topological polar surface area (TPSA) is 237 Å². The van der Waals surface area contributed by atoms with Crippen molar-refractivity contribution in [2.24, 2.45) is 0 Å². The number of allylic oxidation sites excluding steroid dienone is 30. The van der Waals surface area contributed by atoms with Crippen LogP contribution in [0.3, 0.4) is 0 Å². The first-order valence-electron chi connectivity index (χ1n) is 40.0. The maximum absolute atomic E-state index is 13.1. The number of phosphoric acid groups is 2. The van der Waals surface area contributed by atoms with Crippen molar-refractivity contribution in [1.29, 1.82) is 0 Å². The molecule has 0 aliphatic rings. The molecule has 0 bridgehead atoms. The van der Waals surface area contributed by atoms with Crippen LogP contribution in [0.1, 0.15) is 285 Å². The fraction of sp³-hybridized carbons (Fsp3) is 0.609. The Bertz CT molecular complexity index is 2730. The number of carbonyl (C=O) groups is 4. The Kier molecular flexibility index (Phi) is 73.1. The Hall–Kier alpha value is -5.84. The fourth-order valence-electron chi connectivity index (χ4n) is 9.87. The second-order valence-electron chi connectivity index (χ2n) is 25.9. The highest BCUT2D eigenvalue weighted by Gasteiger charge is 2.30. The van der Waals surface area contributed by atoms with Gasteiger partial charge in [0.1, 0.15) is 19.3 Å². The van der Waals surface area contributed by atoms with E-state index in [-0.39, 0.29) is 25.7 Å². The van der Waals surface area contributed by atoms with Crippen molar-refractivity contribution in [2.45, 2.75) is 303 Å². The van der Waals surface area contributed by atoms with Gasteiger partial charge >= 0.3 is 39.5 Å². The van der Waals surface area contributed by atoms with E-state index in [2.05, 4.69) is 192 Å². The standard InChI is InChI=1S/C87H140O17P2/c1-5-9-13-17-21-25-29-33-37-39-40-42-46-48-52-56-60-64-68-72-85(90)98-78-83(104-87(92)74-70-66-62-58-54-50-44-36-32-28-24-20-16-12-8-4)80-102-106(95,96)100-76-81(88)75-99-105(93,94)101-79-82(103-86(91)73-69-65-61-57-53-49-43-35-31-27-23-19-15-11-7-3)77-97-84(89)71-67-63-59-55-51-47-45-41-38-34-30-26-22-18-14-10-6-2/h9-11,13-15,21-23,25-27,33-38,40,42-45,47-48,52-53,57,60,64,81-83,88H,5-8,12,16-20,24,28-32,39,41,46,49-51,54-56,58-59,61-63,65-80H2,1-4H3,(H,93,94)(H,95,96)/b13-9-,14-10-,15-11-,25-21-,26-22-,27-23-,37-33-,38-34-,42-40-,43-35-,44-36-,47-45-,52-48-,57-53-,64-60-. The van der Waals surface area contributed by atoms with Crippen LogP contribution in [0.5, 0.6) is 0 Å². The number of esters is 4. The minimum atomic E-state index is -5.01. The minimum absolute atomic E-state index is 0.0274. The van der Waals surface area contributed by atoms with Gasteiger partial charge in [-0.3, -0.25) is 37.3 Å². The number of hydrogen-bond donors (Lipinski definition) is 3. The molecule has 106 heavy (non-hydrogen) atoms. The quantitative estimate of drug-likeness (QED) is 0.0169. The van der Waals surface area contributed by atoms with Crippen LogP contribution in [0.25, 0.3) is 0 Å². The third-order valence-electron chi connectivity index (χ3n) is 15.9. The lowest BCUT2D eigenvalue weighted by Gasteiger charge is -2.21. The first-order chi connectivity index (χ1) is 51.7. The van der Waals surface area contributed by atoms with Crippen LogP contribution in [0.4, 0.5) is 0 Å². The molecular weight excluding hydrogens is 1380 g/mol. The van der Waals surface area contributed by atoms with E-state index in [9.17, 15) is 43.2 Å². The molecule has 0 aliphatic heterocycles. The summed E-state index contributed by atoms with van der Waals surface area (Å²) in [5.41, 5.74) is 0. The molecule has 0 aromatic heterocycles. The predicted molar refractivity (Wildman–Crippen MR) is 436 cm³/mol. The SMILES string of the molecule is CC/C=C\C/C=C\C/C=C\C/C=C\C/C=C\C/C=C\CCC(=O)OCC(COP(=O)(O)OCC(O)COP(=O)(O)OCC(COC(=O)CCCCCC/C=C\C/C=C\C/C=C\C/C=C\CC)OC(=O)CCCC/C=C\C/C=C\C/C=C\C/C=C\CC)OC(=O)CCCCCCC/C=C\CCCCCCCC. The molecule has 0 aromatic carbocycles. The molecule has 3 N–H and O–H groups in total. The van der Waals surface area contributed by atoms with Crippen LogP contribution in [0, 0.1) is 0 Å². The van der Waals surface area contributed by atoms with E-state index in [0.29, 0.717) is 38.5 Å². The molecule has 600 valence electrons. The highest BCUT2D eigenvalue weighted by molar-refractivity contribution is 7.47. The maximum atomic E-state index is 13.1. The summed E-state index contributed by atoms with van der Waals surface area (Å²) in [5, 5.41) is 10.6. The number of rotatable bonds is 73. The van der Waals surface area contributed by atoms with E-state index in [1.807, 2.05) is 18.2 Å². The summed E-state index contributed by atoms with van der Waals surface area (Å²) in [6.07, 6.45) is 93.2. The maximum Gasteiger partial charge on any atom is 0.472 e. The molecule has 0 heterocycles. The number of aliphatic hydroxyl groups is 1. The molecule has 0 saturated carbocycles. The fourth-order valence-corrected chi connectivity index (χ4v) is 11.4. The normalized spacial score (nSPS) is 14.8. The molecule has 0 saturated heterocycles. The first-order valence-corrected chi connectivity index (χ1v) is 43.0. The van der Waals surface area contributed by atoms with Gasteiger partial charge in [-0.1, -0.05) is 274 Å². The van der Waals surface area contributed by atoms with Crippen molar-refractivity contribution in [3.05, 3.63) is 182 Å². The molecule has 0 spiro atoms. The van der Waals surface area contributed by atoms with Crippen LogP contribution < -0.4 is 0 Å². The molecule has 0 fully saturated rings. The van der Waals surface area contributed by atoms with Crippen molar-refractivity contribution >= 4 is 39.5 Å². The van der Waals surface area contributed by atoms with Gasteiger partial charge in [0.2, 0.25) is 0 Å². The summed E-state index contributed by atoms with van der Waals surface area (Å²) < 4.78 is 68.5. The van der Waals surface area contributed by atoms with Crippen molar-refractivity contribution in [3.8, 4) is 0 Å². The summed E-state index contributed by atoms with van der Waals surface area (Å²) >= 11 is 0. The van der Waals surface area contributed by atoms with Crippen LogP contribution in [-0.4, -0.2) is 96.7 Å². The predicted octanol–water partition coefficient (Wildman–Crippen LogP) is 23.6. The van der Waals surface area contributed by atoms with Crippen molar-refractivity contribution in [3.63, 3.8) is 0 Å². The van der Waals surface area contributed by atoms with Gasteiger partial charge in [-0.25, -0.2) is 9.13 Å². The summed E-state index contributed by atoms with van der Waals surface area (Å²) in [6, 6.07) is 0. The zero-order chi connectivity index (χ0) is 77.4. The Labute approximate surface area is 641 Å². The van der Waals surface area contributed by atoms with Crippen molar-refractivity contribution < 1.29 is 80.2 Å². The van der Waals surface area contributed by atoms with Crippen molar-refractivity contribution in [1.82, 2.24) is 0 Å². The molecule has 17 nitrogen and oxygen atoms in total. The summed E-state index contributed by atoms with van der Waals surface area (Å²) in [6.45, 7) is 4.34. The molecular formula is C87H140O17P2. The lowest BCUT2D eigenvalue weighted by Crippen LogP contribution is -2.30.